The van der Waals surface area contributed by atoms with E-state index < -0.39 is 0 Å². The smallest absolute Gasteiger partial charge is 0.0659 e. The van der Waals surface area contributed by atoms with Crippen molar-refractivity contribution in [1.82, 2.24) is 4.90 Å². The minimum atomic E-state index is 0.563. The lowest BCUT2D eigenvalue weighted by Gasteiger charge is -2.21. The van der Waals surface area contributed by atoms with Crippen LogP contribution in [0.3, 0.4) is 0 Å². The highest BCUT2D eigenvalue weighted by atomic mass is 35.5. The summed E-state index contributed by atoms with van der Waals surface area (Å²) in [5, 5.41) is 4.47. The van der Waals surface area contributed by atoms with Crippen molar-refractivity contribution in [2.75, 3.05) is 43.9 Å². The van der Waals surface area contributed by atoms with E-state index in [0.29, 0.717) is 6.04 Å². The summed E-state index contributed by atoms with van der Waals surface area (Å²) < 4.78 is 0. The largest absolute Gasteiger partial charge is 0.382 e. The summed E-state index contributed by atoms with van der Waals surface area (Å²) in [7, 11) is 4.03. The molecule has 1 aromatic carbocycles. The van der Waals surface area contributed by atoms with E-state index >= 15 is 0 Å². The Morgan fingerprint density at radius 2 is 2.10 bits per heavy atom. The summed E-state index contributed by atoms with van der Waals surface area (Å²) >= 11 is 6.35. The molecule has 0 spiro atoms. The normalized spacial score (nSPS) is 20.1. The van der Waals surface area contributed by atoms with Crippen LogP contribution in [0.5, 0.6) is 0 Å². The molecule has 0 saturated carbocycles. The van der Waals surface area contributed by atoms with Crippen molar-refractivity contribution < 1.29 is 0 Å². The van der Waals surface area contributed by atoms with Gasteiger partial charge >= 0.3 is 0 Å². The molecule has 1 aliphatic rings. The fraction of sp³-hybridized carbons (Fsp3) is 0.647. The zero-order valence-corrected chi connectivity index (χ0v) is 14.3. The van der Waals surface area contributed by atoms with E-state index in [2.05, 4.69) is 29.3 Å². The fourth-order valence-electron chi connectivity index (χ4n) is 3.04. The van der Waals surface area contributed by atoms with Crippen molar-refractivity contribution in [3.8, 4) is 0 Å². The number of nitrogens with one attached hydrogen (secondary N) is 1. The third-order valence-corrected chi connectivity index (χ3v) is 4.46. The van der Waals surface area contributed by atoms with E-state index in [9.17, 15) is 0 Å². The van der Waals surface area contributed by atoms with Gasteiger partial charge in [-0.25, -0.2) is 0 Å². The second-order valence-corrected chi connectivity index (χ2v) is 6.58. The maximum atomic E-state index is 6.35. The predicted octanol–water partition coefficient (Wildman–Crippen LogP) is 4.08. The number of hydrogen-bond donors (Lipinski definition) is 1. The Morgan fingerprint density at radius 3 is 2.76 bits per heavy atom. The van der Waals surface area contributed by atoms with E-state index in [1.54, 1.807) is 0 Å². The molecule has 1 fully saturated rings. The summed E-state index contributed by atoms with van der Waals surface area (Å²) in [6.07, 6.45) is 4.99. The monoisotopic (exact) mass is 309 g/mol. The molecule has 0 aromatic heterocycles. The molecular formula is C17H28ClN3. The lowest BCUT2D eigenvalue weighted by atomic mass is 10.1. The summed E-state index contributed by atoms with van der Waals surface area (Å²) in [6.45, 7) is 5.94. The molecule has 118 valence electrons. The Bertz CT molecular complexity index is 448. The first-order valence-corrected chi connectivity index (χ1v) is 8.43. The molecule has 4 heteroatoms. The number of benzene rings is 1. The van der Waals surface area contributed by atoms with Crippen LogP contribution in [-0.4, -0.2) is 44.7 Å². The number of hydrogen-bond acceptors (Lipinski definition) is 3. The van der Waals surface area contributed by atoms with Crippen LogP contribution in [0.2, 0.25) is 5.02 Å². The number of nitrogens with zero attached hydrogens (tertiary/aromatic N) is 2. The first kappa shape index (κ1) is 16.4. The number of likely N-dealkylation sites (tertiary alicyclic amines) is 1. The van der Waals surface area contributed by atoms with Gasteiger partial charge in [0.15, 0.2) is 0 Å². The number of rotatable bonds is 5. The quantitative estimate of drug-likeness (QED) is 0.884. The maximum absolute atomic E-state index is 6.35. The van der Waals surface area contributed by atoms with Crippen LogP contribution in [0, 0.1) is 0 Å². The third-order valence-electron chi connectivity index (χ3n) is 4.16. The van der Waals surface area contributed by atoms with Crippen LogP contribution in [0.15, 0.2) is 18.2 Å². The van der Waals surface area contributed by atoms with Crippen molar-refractivity contribution in [2.24, 2.45) is 0 Å². The molecule has 1 saturated heterocycles. The Balaban J connectivity index is 1.94. The lowest BCUT2D eigenvalue weighted by molar-refractivity contribution is 0.285. The predicted molar refractivity (Wildman–Crippen MR) is 93.8 cm³/mol. The van der Waals surface area contributed by atoms with Crippen LogP contribution in [0.25, 0.3) is 0 Å². The van der Waals surface area contributed by atoms with E-state index in [1.165, 1.54) is 45.3 Å². The van der Waals surface area contributed by atoms with Crippen molar-refractivity contribution in [3.63, 3.8) is 0 Å². The minimum Gasteiger partial charge on any atom is -0.382 e. The van der Waals surface area contributed by atoms with E-state index in [1.807, 2.05) is 25.1 Å². The number of halogens is 1. The molecule has 21 heavy (non-hydrogen) atoms. The molecule has 1 aromatic rings. The molecule has 1 N–H and O–H groups in total. The van der Waals surface area contributed by atoms with Crippen LogP contribution in [0.1, 0.15) is 32.6 Å². The van der Waals surface area contributed by atoms with Crippen LogP contribution < -0.4 is 10.2 Å². The topological polar surface area (TPSA) is 18.5 Å². The van der Waals surface area contributed by atoms with Gasteiger partial charge in [-0.2, -0.15) is 0 Å². The van der Waals surface area contributed by atoms with Gasteiger partial charge in [0.05, 0.1) is 10.7 Å². The molecule has 1 atom stereocenters. The fourth-order valence-corrected chi connectivity index (χ4v) is 3.38. The number of anilines is 2. The van der Waals surface area contributed by atoms with Gasteiger partial charge in [-0.1, -0.05) is 18.5 Å². The van der Waals surface area contributed by atoms with Gasteiger partial charge in [-0.15, -0.1) is 0 Å². The van der Waals surface area contributed by atoms with Crippen molar-refractivity contribution in [1.29, 1.82) is 0 Å². The van der Waals surface area contributed by atoms with Gasteiger partial charge in [0, 0.05) is 32.4 Å². The standard InChI is InChI=1S/C17H28ClN3/c1-4-10-21-11-5-6-14(9-12-21)19-15-7-8-17(20(2)3)16(18)13-15/h7-8,13-14,19H,4-6,9-12H2,1-3H3. The van der Waals surface area contributed by atoms with Gasteiger partial charge in [0.1, 0.15) is 0 Å². The SMILES string of the molecule is CCCN1CCCC(Nc2ccc(N(C)C)c(Cl)c2)CC1. The Hall–Kier alpha value is -0.930. The van der Waals surface area contributed by atoms with Crippen LogP contribution in [0.4, 0.5) is 11.4 Å². The second-order valence-electron chi connectivity index (χ2n) is 6.17. The van der Waals surface area contributed by atoms with Gasteiger partial charge < -0.3 is 15.1 Å². The maximum Gasteiger partial charge on any atom is 0.0659 e. The zero-order valence-electron chi connectivity index (χ0n) is 13.5. The molecule has 0 radical (unpaired) electrons. The minimum absolute atomic E-state index is 0.563. The molecular weight excluding hydrogens is 282 g/mol. The summed E-state index contributed by atoms with van der Waals surface area (Å²) in [6, 6.07) is 6.83. The molecule has 1 heterocycles. The van der Waals surface area contributed by atoms with E-state index in [0.717, 1.165) is 16.4 Å². The highest BCUT2D eigenvalue weighted by molar-refractivity contribution is 6.33. The Kier molecular flexibility index (Phi) is 6.19. The highest BCUT2D eigenvalue weighted by Gasteiger charge is 2.16. The second kappa shape index (κ2) is 7.90. The van der Waals surface area contributed by atoms with Crippen LogP contribution in [-0.2, 0) is 0 Å². The van der Waals surface area contributed by atoms with Gasteiger partial charge in [-0.3, -0.25) is 0 Å². The highest BCUT2D eigenvalue weighted by Crippen LogP contribution is 2.28. The van der Waals surface area contributed by atoms with Crippen molar-refractivity contribution in [3.05, 3.63) is 23.2 Å². The molecule has 3 nitrogen and oxygen atoms in total. The molecule has 1 unspecified atom stereocenters. The Labute approximate surface area is 134 Å². The molecule has 2 rings (SSSR count). The average Bonchev–Trinajstić information content (AvgIpc) is 2.65. The van der Waals surface area contributed by atoms with Crippen molar-refractivity contribution in [2.45, 2.75) is 38.6 Å². The molecule has 1 aliphatic heterocycles. The summed E-state index contributed by atoms with van der Waals surface area (Å²) in [4.78, 5) is 4.63. The van der Waals surface area contributed by atoms with E-state index in [4.69, 9.17) is 11.6 Å². The molecule has 0 bridgehead atoms. The zero-order chi connectivity index (χ0) is 15.2. The Morgan fingerprint density at radius 1 is 1.29 bits per heavy atom. The van der Waals surface area contributed by atoms with Crippen LogP contribution >= 0.6 is 11.6 Å². The summed E-state index contributed by atoms with van der Waals surface area (Å²) in [5.41, 5.74) is 2.21. The molecule has 0 aliphatic carbocycles. The first-order valence-electron chi connectivity index (χ1n) is 8.06. The third kappa shape index (κ3) is 4.79. The van der Waals surface area contributed by atoms with Crippen molar-refractivity contribution >= 4 is 23.0 Å². The van der Waals surface area contributed by atoms with Gasteiger partial charge in [0.2, 0.25) is 0 Å². The lowest BCUT2D eigenvalue weighted by Crippen LogP contribution is -2.27. The summed E-state index contributed by atoms with van der Waals surface area (Å²) in [5.74, 6) is 0. The average molecular weight is 310 g/mol. The van der Waals surface area contributed by atoms with Gasteiger partial charge in [-0.05, 0) is 57.0 Å². The van der Waals surface area contributed by atoms with Gasteiger partial charge in [0.25, 0.3) is 0 Å². The first-order chi connectivity index (χ1) is 10.1. The van der Waals surface area contributed by atoms with E-state index in [-0.39, 0.29) is 0 Å². The molecule has 0 amide bonds.